The average Bonchev–Trinajstić information content (AvgIpc) is 2.46. The van der Waals surface area contributed by atoms with Crippen LogP contribution in [0.2, 0.25) is 0 Å². The van der Waals surface area contributed by atoms with E-state index < -0.39 is 11.0 Å². The zero-order valence-corrected chi connectivity index (χ0v) is 12.2. The highest BCUT2D eigenvalue weighted by atomic mass is 16.3. The van der Waals surface area contributed by atoms with E-state index in [1.807, 2.05) is 63.2 Å². The SMILES string of the molecule is C#C[C@](O)(c1ccc(-c2ccccc2)cc1)C(C)(C)C. The summed E-state index contributed by atoms with van der Waals surface area (Å²) in [5, 5.41) is 10.8. The fourth-order valence-corrected chi connectivity index (χ4v) is 2.27. The molecular weight excluding hydrogens is 244 g/mol. The summed E-state index contributed by atoms with van der Waals surface area (Å²) < 4.78 is 0. The molecule has 1 atom stereocenters. The van der Waals surface area contributed by atoms with Gasteiger partial charge >= 0.3 is 0 Å². The predicted molar refractivity (Wildman–Crippen MR) is 84.1 cm³/mol. The van der Waals surface area contributed by atoms with E-state index in [4.69, 9.17) is 6.42 Å². The smallest absolute Gasteiger partial charge is 0.155 e. The fourth-order valence-electron chi connectivity index (χ4n) is 2.27. The van der Waals surface area contributed by atoms with E-state index >= 15 is 0 Å². The molecule has 0 radical (unpaired) electrons. The summed E-state index contributed by atoms with van der Waals surface area (Å²) >= 11 is 0. The lowest BCUT2D eigenvalue weighted by Gasteiger charge is -2.36. The third kappa shape index (κ3) is 2.48. The first-order valence-corrected chi connectivity index (χ1v) is 6.74. The third-order valence-electron chi connectivity index (χ3n) is 3.70. The molecule has 1 nitrogen and oxygen atoms in total. The second-order valence-electron chi connectivity index (χ2n) is 6.05. The van der Waals surface area contributed by atoms with Crippen LogP contribution in [0, 0.1) is 17.8 Å². The monoisotopic (exact) mass is 264 g/mol. The van der Waals surface area contributed by atoms with Crippen molar-refractivity contribution in [1.82, 2.24) is 0 Å². The lowest BCUT2D eigenvalue weighted by molar-refractivity contribution is -0.00884. The number of hydrogen-bond acceptors (Lipinski definition) is 1. The molecule has 0 heterocycles. The van der Waals surface area contributed by atoms with Gasteiger partial charge in [-0.1, -0.05) is 81.3 Å². The van der Waals surface area contributed by atoms with Gasteiger partial charge in [-0.05, 0) is 16.7 Å². The topological polar surface area (TPSA) is 20.2 Å². The Labute approximate surface area is 121 Å². The summed E-state index contributed by atoms with van der Waals surface area (Å²) in [5.41, 5.74) is 1.34. The molecule has 0 aliphatic rings. The van der Waals surface area contributed by atoms with Gasteiger partial charge in [-0.3, -0.25) is 0 Å². The van der Waals surface area contributed by atoms with Gasteiger partial charge in [-0.15, -0.1) is 6.42 Å². The minimum atomic E-state index is -1.26. The van der Waals surface area contributed by atoms with E-state index in [1.165, 1.54) is 0 Å². The van der Waals surface area contributed by atoms with Crippen molar-refractivity contribution in [3.8, 4) is 23.5 Å². The minimum absolute atomic E-state index is 0.421. The molecule has 0 spiro atoms. The molecule has 1 heteroatoms. The molecule has 2 rings (SSSR count). The molecule has 0 bridgehead atoms. The molecule has 0 unspecified atom stereocenters. The van der Waals surface area contributed by atoms with Crippen LogP contribution < -0.4 is 0 Å². The number of terminal acetylenes is 1. The zero-order valence-electron chi connectivity index (χ0n) is 12.2. The van der Waals surface area contributed by atoms with Crippen LogP contribution in [0.25, 0.3) is 11.1 Å². The van der Waals surface area contributed by atoms with Crippen LogP contribution in [0.1, 0.15) is 26.3 Å². The molecule has 0 aromatic heterocycles. The summed E-state index contributed by atoms with van der Waals surface area (Å²) in [7, 11) is 0. The largest absolute Gasteiger partial charge is 0.373 e. The summed E-state index contributed by atoms with van der Waals surface area (Å²) in [5.74, 6) is 2.55. The van der Waals surface area contributed by atoms with Crippen LogP contribution in [0.3, 0.4) is 0 Å². The van der Waals surface area contributed by atoms with Gasteiger partial charge < -0.3 is 5.11 Å². The Morgan fingerprint density at radius 2 is 1.35 bits per heavy atom. The van der Waals surface area contributed by atoms with Crippen molar-refractivity contribution in [3.63, 3.8) is 0 Å². The highest BCUT2D eigenvalue weighted by Gasteiger charge is 2.39. The van der Waals surface area contributed by atoms with Gasteiger partial charge in [0.05, 0.1) is 0 Å². The Balaban J connectivity index is 2.41. The Morgan fingerprint density at radius 1 is 0.850 bits per heavy atom. The van der Waals surface area contributed by atoms with Gasteiger partial charge in [0.25, 0.3) is 0 Å². The van der Waals surface area contributed by atoms with Crippen LogP contribution in [-0.4, -0.2) is 5.11 Å². The number of rotatable bonds is 2. The van der Waals surface area contributed by atoms with Crippen molar-refractivity contribution in [1.29, 1.82) is 0 Å². The van der Waals surface area contributed by atoms with Gasteiger partial charge in [0.1, 0.15) is 0 Å². The Bertz CT molecular complexity index is 612. The summed E-state index contributed by atoms with van der Waals surface area (Å²) in [6.07, 6.45) is 5.57. The van der Waals surface area contributed by atoms with E-state index in [0.717, 1.165) is 16.7 Å². The van der Waals surface area contributed by atoms with Crippen molar-refractivity contribution in [2.75, 3.05) is 0 Å². The van der Waals surface area contributed by atoms with Crippen molar-refractivity contribution >= 4 is 0 Å². The molecule has 0 amide bonds. The normalized spacial score (nSPS) is 14.3. The second-order valence-corrected chi connectivity index (χ2v) is 6.05. The molecule has 0 fully saturated rings. The molecule has 0 aliphatic heterocycles. The molecule has 0 saturated heterocycles. The number of benzene rings is 2. The maximum Gasteiger partial charge on any atom is 0.155 e. The zero-order chi connectivity index (χ0) is 14.8. The average molecular weight is 264 g/mol. The van der Waals surface area contributed by atoms with Gasteiger partial charge in [-0.2, -0.15) is 0 Å². The van der Waals surface area contributed by atoms with Gasteiger partial charge in [0, 0.05) is 5.41 Å². The minimum Gasteiger partial charge on any atom is -0.373 e. The van der Waals surface area contributed by atoms with E-state index in [2.05, 4.69) is 18.1 Å². The standard InChI is InChI=1S/C19H20O/c1-5-19(20,18(2,3)4)17-13-11-16(12-14-17)15-9-7-6-8-10-15/h1,6-14,20H,2-4H3/t19-/m0/s1. The van der Waals surface area contributed by atoms with Crippen molar-refractivity contribution in [3.05, 3.63) is 60.2 Å². The lowest BCUT2D eigenvalue weighted by atomic mass is 9.72. The van der Waals surface area contributed by atoms with Crippen molar-refractivity contribution in [2.24, 2.45) is 5.41 Å². The maximum absolute atomic E-state index is 10.8. The first-order chi connectivity index (χ1) is 9.38. The first kappa shape index (κ1) is 14.4. The molecule has 1 N–H and O–H groups in total. The molecular formula is C19H20O. The highest BCUT2D eigenvalue weighted by molar-refractivity contribution is 5.63. The van der Waals surface area contributed by atoms with Crippen molar-refractivity contribution < 1.29 is 5.11 Å². The molecule has 0 saturated carbocycles. The Hall–Kier alpha value is -2.04. The van der Waals surface area contributed by atoms with E-state index in [-0.39, 0.29) is 0 Å². The van der Waals surface area contributed by atoms with Crippen LogP contribution in [-0.2, 0) is 5.60 Å². The summed E-state index contributed by atoms with van der Waals surface area (Å²) in [4.78, 5) is 0. The van der Waals surface area contributed by atoms with Crippen LogP contribution in [0.4, 0.5) is 0 Å². The molecule has 2 aromatic rings. The van der Waals surface area contributed by atoms with Crippen LogP contribution in [0.5, 0.6) is 0 Å². The fraction of sp³-hybridized carbons (Fsp3) is 0.263. The van der Waals surface area contributed by atoms with E-state index in [1.54, 1.807) is 0 Å². The lowest BCUT2D eigenvalue weighted by Crippen LogP contribution is -2.38. The van der Waals surface area contributed by atoms with E-state index in [9.17, 15) is 5.11 Å². The summed E-state index contributed by atoms with van der Waals surface area (Å²) in [6, 6.07) is 18.0. The van der Waals surface area contributed by atoms with Crippen LogP contribution in [0.15, 0.2) is 54.6 Å². The van der Waals surface area contributed by atoms with E-state index in [0.29, 0.717) is 0 Å². The molecule has 20 heavy (non-hydrogen) atoms. The number of aliphatic hydroxyl groups is 1. The third-order valence-corrected chi connectivity index (χ3v) is 3.70. The Kier molecular flexibility index (Phi) is 3.70. The number of hydrogen-bond donors (Lipinski definition) is 1. The molecule has 102 valence electrons. The maximum atomic E-state index is 10.8. The first-order valence-electron chi connectivity index (χ1n) is 6.74. The van der Waals surface area contributed by atoms with Gasteiger partial charge in [0.2, 0.25) is 0 Å². The Morgan fingerprint density at radius 3 is 1.80 bits per heavy atom. The van der Waals surface area contributed by atoms with Gasteiger partial charge in [-0.25, -0.2) is 0 Å². The molecule has 0 aliphatic carbocycles. The van der Waals surface area contributed by atoms with Crippen molar-refractivity contribution in [2.45, 2.75) is 26.4 Å². The highest BCUT2D eigenvalue weighted by Crippen LogP contribution is 2.39. The summed E-state index contributed by atoms with van der Waals surface area (Å²) in [6.45, 7) is 5.83. The van der Waals surface area contributed by atoms with Gasteiger partial charge in [0.15, 0.2) is 5.60 Å². The van der Waals surface area contributed by atoms with Crippen LogP contribution >= 0.6 is 0 Å². The second kappa shape index (κ2) is 5.15. The quantitative estimate of drug-likeness (QED) is 0.805. The predicted octanol–water partition coefficient (Wildman–Crippen LogP) is 4.22. The molecule has 2 aromatic carbocycles.